The summed E-state index contributed by atoms with van der Waals surface area (Å²) in [7, 11) is 0. The highest BCUT2D eigenvalue weighted by atomic mass is 16.3. The van der Waals surface area contributed by atoms with Crippen LogP contribution in [0.1, 0.15) is 64.8 Å². The SMILES string of the molecule is O=C(CC1C2CC3CC1CC(O)(C3)C2)c1cccc(C(=O)c2ccccc2)c1. The Labute approximate surface area is 165 Å². The van der Waals surface area contributed by atoms with Gasteiger partial charge in [0.1, 0.15) is 0 Å². The first kappa shape index (κ1) is 17.8. The lowest BCUT2D eigenvalue weighted by atomic mass is 9.49. The Morgan fingerprint density at radius 1 is 0.857 bits per heavy atom. The minimum Gasteiger partial charge on any atom is -0.390 e. The van der Waals surface area contributed by atoms with Crippen LogP contribution in [0.15, 0.2) is 54.6 Å². The highest BCUT2D eigenvalue weighted by Crippen LogP contribution is 2.59. The van der Waals surface area contributed by atoms with E-state index in [1.807, 2.05) is 30.3 Å². The fraction of sp³-hybridized carbons (Fsp3) is 0.440. The van der Waals surface area contributed by atoms with Crippen LogP contribution in [0.3, 0.4) is 0 Å². The third-order valence-electron chi connectivity index (χ3n) is 7.34. The Hall–Kier alpha value is -2.26. The minimum atomic E-state index is -0.460. The van der Waals surface area contributed by atoms with Gasteiger partial charge in [-0.2, -0.15) is 0 Å². The van der Waals surface area contributed by atoms with Gasteiger partial charge in [0.15, 0.2) is 11.6 Å². The van der Waals surface area contributed by atoms with Gasteiger partial charge in [-0.1, -0.05) is 48.5 Å². The zero-order valence-corrected chi connectivity index (χ0v) is 16.0. The lowest BCUT2D eigenvalue weighted by Gasteiger charge is -2.58. The molecule has 0 aliphatic heterocycles. The van der Waals surface area contributed by atoms with E-state index in [0.717, 1.165) is 19.3 Å². The van der Waals surface area contributed by atoms with Crippen molar-refractivity contribution < 1.29 is 14.7 Å². The maximum absolute atomic E-state index is 13.1. The molecule has 2 unspecified atom stereocenters. The van der Waals surface area contributed by atoms with Gasteiger partial charge in [-0.3, -0.25) is 9.59 Å². The number of aliphatic hydroxyl groups is 1. The standard InChI is InChI=1S/C25H26O3/c26-23(12-22-20-9-16-10-21(22)15-25(28,13-16)14-20)18-7-4-8-19(11-18)24(27)17-5-2-1-3-6-17/h1-8,11,16,20-22,28H,9-10,12-15H2. The molecule has 2 aromatic carbocycles. The van der Waals surface area contributed by atoms with Crippen LogP contribution in [0.5, 0.6) is 0 Å². The molecular weight excluding hydrogens is 348 g/mol. The van der Waals surface area contributed by atoms with E-state index in [1.165, 1.54) is 12.8 Å². The van der Waals surface area contributed by atoms with Crippen molar-refractivity contribution in [3.05, 3.63) is 71.3 Å². The highest BCUT2D eigenvalue weighted by Gasteiger charge is 2.54. The van der Waals surface area contributed by atoms with E-state index >= 15 is 0 Å². The highest BCUT2D eigenvalue weighted by molar-refractivity contribution is 6.10. The lowest BCUT2D eigenvalue weighted by Crippen LogP contribution is -2.54. The quantitative estimate of drug-likeness (QED) is 0.773. The van der Waals surface area contributed by atoms with Crippen molar-refractivity contribution in [2.45, 2.75) is 44.1 Å². The average Bonchev–Trinajstić information content (AvgIpc) is 2.69. The van der Waals surface area contributed by atoms with Gasteiger partial charge in [0.05, 0.1) is 5.60 Å². The molecule has 0 heterocycles. The van der Waals surface area contributed by atoms with Crippen LogP contribution < -0.4 is 0 Å². The van der Waals surface area contributed by atoms with Gasteiger partial charge in [-0.05, 0) is 61.8 Å². The molecule has 0 radical (unpaired) electrons. The van der Waals surface area contributed by atoms with Gasteiger partial charge in [-0.25, -0.2) is 0 Å². The number of rotatable bonds is 5. The number of hydrogen-bond acceptors (Lipinski definition) is 3. The van der Waals surface area contributed by atoms with E-state index in [9.17, 15) is 14.7 Å². The summed E-state index contributed by atoms with van der Waals surface area (Å²) in [5.41, 5.74) is 1.38. The van der Waals surface area contributed by atoms with Crippen LogP contribution in [-0.2, 0) is 0 Å². The number of ketones is 2. The normalized spacial score (nSPS) is 33.0. The molecule has 0 aromatic heterocycles. The number of benzene rings is 2. The topological polar surface area (TPSA) is 54.4 Å². The first-order valence-corrected chi connectivity index (χ1v) is 10.5. The molecule has 28 heavy (non-hydrogen) atoms. The number of carbonyl (C=O) groups is 2. The Balaban J connectivity index is 1.33. The summed E-state index contributed by atoms with van der Waals surface area (Å²) in [5.74, 6) is 2.08. The number of Topliss-reactive ketones (excluding diaryl/α,β-unsaturated/α-hetero) is 1. The van der Waals surface area contributed by atoms with Crippen LogP contribution in [0.4, 0.5) is 0 Å². The first-order chi connectivity index (χ1) is 13.5. The molecule has 4 saturated carbocycles. The Morgan fingerprint density at radius 3 is 2.18 bits per heavy atom. The van der Waals surface area contributed by atoms with Crippen molar-refractivity contribution in [2.75, 3.05) is 0 Å². The first-order valence-electron chi connectivity index (χ1n) is 10.5. The van der Waals surface area contributed by atoms with Crippen molar-refractivity contribution in [1.29, 1.82) is 0 Å². The Bertz CT molecular complexity index is 900. The predicted octanol–water partition coefficient (Wildman–Crippen LogP) is 4.68. The zero-order valence-electron chi connectivity index (χ0n) is 16.0. The minimum absolute atomic E-state index is 0.0490. The fourth-order valence-electron chi connectivity index (χ4n) is 6.34. The van der Waals surface area contributed by atoms with Crippen LogP contribution in [-0.4, -0.2) is 22.3 Å². The summed E-state index contributed by atoms with van der Waals surface area (Å²) in [6.07, 6.45) is 5.58. The summed E-state index contributed by atoms with van der Waals surface area (Å²) in [4.78, 5) is 25.8. The van der Waals surface area contributed by atoms with Crippen molar-refractivity contribution >= 4 is 11.6 Å². The van der Waals surface area contributed by atoms with Gasteiger partial charge in [0, 0.05) is 23.1 Å². The van der Waals surface area contributed by atoms with E-state index in [2.05, 4.69) is 0 Å². The predicted molar refractivity (Wildman–Crippen MR) is 107 cm³/mol. The van der Waals surface area contributed by atoms with Crippen molar-refractivity contribution in [1.82, 2.24) is 0 Å². The molecule has 4 aliphatic rings. The van der Waals surface area contributed by atoms with Gasteiger partial charge in [0.25, 0.3) is 0 Å². The van der Waals surface area contributed by atoms with Crippen LogP contribution in [0.2, 0.25) is 0 Å². The number of carbonyl (C=O) groups excluding carboxylic acids is 2. The average molecular weight is 374 g/mol. The van der Waals surface area contributed by atoms with E-state index in [1.54, 1.807) is 24.3 Å². The van der Waals surface area contributed by atoms with Gasteiger partial charge in [-0.15, -0.1) is 0 Å². The molecule has 3 nitrogen and oxygen atoms in total. The molecule has 4 aliphatic carbocycles. The second-order valence-electron chi connectivity index (χ2n) is 9.26. The zero-order chi connectivity index (χ0) is 19.3. The monoisotopic (exact) mass is 374 g/mol. The largest absolute Gasteiger partial charge is 0.390 e. The van der Waals surface area contributed by atoms with Crippen molar-refractivity contribution in [3.63, 3.8) is 0 Å². The van der Waals surface area contributed by atoms with Crippen LogP contribution >= 0.6 is 0 Å². The summed E-state index contributed by atoms with van der Waals surface area (Å²) in [6, 6.07) is 16.4. The maximum atomic E-state index is 13.1. The Kier molecular flexibility index (Phi) is 4.24. The van der Waals surface area contributed by atoms with E-state index in [0.29, 0.717) is 46.8 Å². The molecule has 6 rings (SSSR count). The third kappa shape index (κ3) is 3.12. The van der Waals surface area contributed by atoms with Gasteiger partial charge in [0.2, 0.25) is 0 Å². The smallest absolute Gasteiger partial charge is 0.193 e. The van der Waals surface area contributed by atoms with E-state index < -0.39 is 5.60 Å². The van der Waals surface area contributed by atoms with Crippen molar-refractivity contribution in [3.8, 4) is 0 Å². The lowest BCUT2D eigenvalue weighted by molar-refractivity contribution is -0.151. The van der Waals surface area contributed by atoms with Crippen molar-refractivity contribution in [2.24, 2.45) is 23.7 Å². The fourth-order valence-corrected chi connectivity index (χ4v) is 6.34. The van der Waals surface area contributed by atoms with Gasteiger partial charge >= 0.3 is 0 Å². The molecule has 1 N–H and O–H groups in total. The van der Waals surface area contributed by atoms with E-state index in [4.69, 9.17) is 0 Å². The molecule has 0 spiro atoms. The molecule has 0 saturated heterocycles. The summed E-state index contributed by atoms with van der Waals surface area (Å²) >= 11 is 0. The molecule has 0 amide bonds. The summed E-state index contributed by atoms with van der Waals surface area (Å²) < 4.78 is 0. The second kappa shape index (κ2) is 6.66. The maximum Gasteiger partial charge on any atom is 0.193 e. The van der Waals surface area contributed by atoms with Crippen LogP contribution in [0.25, 0.3) is 0 Å². The third-order valence-corrected chi connectivity index (χ3v) is 7.34. The second-order valence-corrected chi connectivity index (χ2v) is 9.26. The molecule has 2 aromatic rings. The van der Waals surface area contributed by atoms with Gasteiger partial charge < -0.3 is 5.11 Å². The van der Waals surface area contributed by atoms with E-state index in [-0.39, 0.29) is 11.6 Å². The summed E-state index contributed by atoms with van der Waals surface area (Å²) in [5, 5.41) is 10.8. The summed E-state index contributed by atoms with van der Waals surface area (Å²) in [6.45, 7) is 0. The molecular formula is C25H26O3. The molecule has 4 fully saturated rings. The molecule has 3 heteroatoms. The van der Waals surface area contributed by atoms with Crippen LogP contribution in [0, 0.1) is 23.7 Å². The Morgan fingerprint density at radius 2 is 1.50 bits per heavy atom. The number of hydrogen-bond donors (Lipinski definition) is 1. The molecule has 2 atom stereocenters. The molecule has 144 valence electrons. The molecule has 4 bridgehead atoms.